The monoisotopic (exact) mass is 2040 g/mol. The fraction of sp³-hybridized carbons (Fsp3) is 0.697. The lowest BCUT2D eigenvalue weighted by atomic mass is 9.96. The van der Waals surface area contributed by atoms with Crippen molar-refractivity contribution < 1.29 is 4.74 Å². The van der Waals surface area contributed by atoms with E-state index in [1.54, 1.807) is 46.4 Å². The summed E-state index contributed by atoms with van der Waals surface area (Å²) in [6, 6.07) is 2.31. The highest BCUT2D eigenvalue weighted by Crippen LogP contribution is 2.44. The lowest BCUT2D eigenvalue weighted by Gasteiger charge is -2.14. The maximum Gasteiger partial charge on any atom is 0.143 e. The van der Waals surface area contributed by atoms with Crippen LogP contribution in [0.5, 0.6) is 5.75 Å². The smallest absolute Gasteiger partial charge is 0.143 e. The van der Waals surface area contributed by atoms with Gasteiger partial charge >= 0.3 is 0 Å². The summed E-state index contributed by atoms with van der Waals surface area (Å²) in [5.41, 5.74) is 50.8. The van der Waals surface area contributed by atoms with E-state index in [9.17, 15) is 0 Å². The van der Waals surface area contributed by atoms with Crippen LogP contribution in [-0.4, -0.2) is 53.2 Å². The van der Waals surface area contributed by atoms with Crippen LogP contribution < -0.4 is 4.74 Å². The van der Waals surface area contributed by atoms with Gasteiger partial charge in [0.05, 0.1) is 17.8 Å². The number of methoxy groups -OCH3 is 1. The van der Waals surface area contributed by atoms with Crippen LogP contribution in [0.3, 0.4) is 0 Å². The van der Waals surface area contributed by atoms with E-state index in [0.717, 1.165) is 42.1 Å². The molecule has 0 aliphatic rings. The van der Waals surface area contributed by atoms with Crippen LogP contribution in [0.1, 0.15) is 639 Å². The molecule has 10 aromatic rings. The van der Waals surface area contributed by atoms with E-state index in [4.69, 9.17) is 27.9 Å². The van der Waals surface area contributed by atoms with Crippen LogP contribution in [0.25, 0.3) is 0 Å². The van der Waals surface area contributed by atoms with Gasteiger partial charge in [-0.15, -0.1) is 0 Å². The van der Waals surface area contributed by atoms with E-state index in [-0.39, 0.29) is 0 Å². The van der Waals surface area contributed by atoms with Crippen LogP contribution >= 0.6 is 23.2 Å². The molecular formula is C132H232Cl2N10O. The topological polar surface area (TPSA) is 69.4 Å². The van der Waals surface area contributed by atoms with Gasteiger partial charge in [0.1, 0.15) is 10.9 Å². The fourth-order valence-electron chi connectivity index (χ4n) is 25.3. The number of halogens is 2. The summed E-state index contributed by atoms with van der Waals surface area (Å²) >= 11 is 12.7. The second kappa shape index (κ2) is 60.4. The third-order valence-corrected chi connectivity index (χ3v) is 31.4. The van der Waals surface area contributed by atoms with Gasteiger partial charge in [-0.1, -0.05) is 321 Å². The van der Waals surface area contributed by atoms with Crippen molar-refractivity contribution in [1.82, 2.24) is 46.1 Å². The maximum atomic E-state index is 6.40. The number of H-pyrrole nitrogens is 1. The third-order valence-electron chi connectivity index (χ3n) is 30.5. The molecule has 0 aromatic carbocycles. The standard InChI is InChI=1S/3C15H27N.C14H25N.C13H23NO.C13H23N.2C12H20ClN.C12H21N.C11H19N/c3*1-8-9-16-13(7)14(10(2)3)12(6)15(16)11(4)5;1-8-15-12(7)13(9(2)3)11(6)14(15)10(4)5;1-8(2)11-10(5)14(6)12(9(3)4)13(11)15-7;1-8(2)12-10(5)13(9(3)4)14(7)11(12)6;1-7(2)10-9(5)14(6)12(8(3)4)11(10)13;1-7(2)10-9(5)11(8(3)4)14(6)12(10)13;1-7(2)11-9(5)12(8(3)4)13-10(11)6;1-8(2)10-6-11(9(3)4)12(5)7-10/h3*10-11H,8-9H2,1-7H3;9-10H,8H2,1-7H3;8-9H,1-7H3;8-9H,1-7H3;2*7-8H,1-6H3;7-8,13H,1-6H3;6-9H,1-5H3. The van der Waals surface area contributed by atoms with Gasteiger partial charge in [0, 0.05) is 170 Å². The predicted octanol–water partition coefficient (Wildman–Crippen LogP) is 41.8. The highest BCUT2D eigenvalue weighted by atomic mass is 35.5. The quantitative estimate of drug-likeness (QED) is 0.0522. The molecule has 10 aromatic heterocycles. The normalized spacial score (nSPS) is 11.7. The summed E-state index contributed by atoms with van der Waals surface area (Å²) in [5, 5.41) is 1.87. The number of hydrogen-bond acceptors (Lipinski definition) is 1. The Labute approximate surface area is 907 Å². The number of aryl methyl sites for hydroxylation is 2. The molecule has 145 heavy (non-hydrogen) atoms. The Morgan fingerprint density at radius 2 is 0.510 bits per heavy atom. The zero-order chi connectivity index (χ0) is 113. The number of ether oxygens (including phenoxy) is 1. The van der Waals surface area contributed by atoms with Crippen molar-refractivity contribution in [1.29, 1.82) is 0 Å². The van der Waals surface area contributed by atoms with Crippen molar-refractivity contribution in [3.63, 3.8) is 0 Å². The second-order valence-electron chi connectivity index (χ2n) is 48.9. The van der Waals surface area contributed by atoms with Gasteiger partial charge in [0.25, 0.3) is 0 Å². The van der Waals surface area contributed by atoms with Gasteiger partial charge < -0.3 is 50.8 Å². The van der Waals surface area contributed by atoms with Crippen LogP contribution in [0.4, 0.5) is 0 Å². The number of nitrogens with zero attached hydrogens (tertiary/aromatic N) is 9. The first kappa shape index (κ1) is 136. The van der Waals surface area contributed by atoms with E-state index in [0.29, 0.717) is 118 Å². The van der Waals surface area contributed by atoms with E-state index >= 15 is 0 Å². The minimum atomic E-state index is 0.485. The first-order chi connectivity index (χ1) is 66.7. The molecule has 0 unspecified atom stereocenters. The van der Waals surface area contributed by atoms with Crippen LogP contribution in [0, 0.1) is 104 Å². The summed E-state index contributed by atoms with van der Waals surface area (Å²) in [6.07, 6.45) is 5.88. The Kier molecular flexibility index (Phi) is 56.8. The van der Waals surface area contributed by atoms with Gasteiger partial charge in [-0.3, -0.25) is 0 Å². The van der Waals surface area contributed by atoms with Crippen molar-refractivity contribution in [2.45, 2.75) is 572 Å². The Balaban J connectivity index is 0.000000806. The molecule has 1 N–H and O–H groups in total. The molecule has 0 saturated carbocycles. The minimum absolute atomic E-state index is 0.485. The number of hydrogen-bond donors (Lipinski definition) is 1. The van der Waals surface area contributed by atoms with Crippen molar-refractivity contribution in [2.75, 3.05) is 7.11 Å². The van der Waals surface area contributed by atoms with E-state index in [2.05, 4.69) is 502 Å². The van der Waals surface area contributed by atoms with Crippen molar-refractivity contribution in [2.24, 2.45) is 35.2 Å². The van der Waals surface area contributed by atoms with Crippen molar-refractivity contribution in [3.05, 3.63) is 220 Å². The molecule has 11 nitrogen and oxygen atoms in total. The third kappa shape index (κ3) is 33.3. The average molecular weight is 2050 g/mol. The zero-order valence-electron chi connectivity index (χ0n) is 107. The molecule has 0 atom stereocenters. The highest BCUT2D eigenvalue weighted by Gasteiger charge is 2.30. The van der Waals surface area contributed by atoms with E-state index in [1.807, 2.05) is 0 Å². The Morgan fingerprint density at radius 3 is 0.703 bits per heavy atom. The zero-order valence-corrected chi connectivity index (χ0v) is 109. The lowest BCUT2D eigenvalue weighted by molar-refractivity contribution is 0.399. The molecule has 0 amide bonds. The molecule has 0 bridgehead atoms. The van der Waals surface area contributed by atoms with Gasteiger partial charge in [-0.2, -0.15) is 0 Å². The molecule has 0 fully saturated rings. The molecule has 0 aliphatic heterocycles. The Hall–Kier alpha value is -6.82. The van der Waals surface area contributed by atoms with Gasteiger partial charge in [-0.25, -0.2) is 0 Å². The Bertz CT molecular complexity index is 5100. The maximum absolute atomic E-state index is 6.40. The molecule has 10 heterocycles. The predicted molar refractivity (Wildman–Crippen MR) is 652 cm³/mol. The SMILES string of the molecule is CC(C)c1cc(C(C)C)n(C)c1.CCCn1c(C)c(C(C)C)c(C)c1C(C)C.CCCn1c(C)c(C(C)C)c(C)c1C(C)C.CCCn1c(C)c(C(C)C)c(C)c1C(C)C.CCn1c(C)c(C(C)C)c(C)c1C(C)C.COc1c(C(C)C)c(C)n(C)c1C(C)C.Cc1[nH]c(C(C)C)c(C)c1C(C)C.Cc1c(C(C)C)c(C)n(C)c1C(C)C.Cc1c(C(C)C)c(Cl)c(C(C)C)n1C.Cc1c(C(C)C)c(Cl)n(C)c1C(C)C. The Morgan fingerprint density at radius 1 is 0.255 bits per heavy atom. The van der Waals surface area contributed by atoms with Crippen LogP contribution in [0.2, 0.25) is 10.2 Å². The van der Waals surface area contributed by atoms with Gasteiger partial charge in [-0.05, 0) is 343 Å². The van der Waals surface area contributed by atoms with Crippen LogP contribution in [0.15, 0.2) is 12.3 Å². The number of nitrogens with one attached hydrogen (secondary N) is 1. The summed E-state index contributed by atoms with van der Waals surface area (Å²) in [5.74, 6) is 12.9. The minimum Gasteiger partial charge on any atom is -0.495 e. The molecule has 0 spiro atoms. The molecule has 13 heteroatoms. The molecule has 830 valence electrons. The van der Waals surface area contributed by atoms with Crippen LogP contribution in [-0.2, 0) is 61.4 Å². The highest BCUT2D eigenvalue weighted by molar-refractivity contribution is 6.32. The molecule has 0 radical (unpaired) electrons. The molecular weight excluding hydrogens is 1810 g/mol. The number of rotatable bonds is 28. The van der Waals surface area contributed by atoms with Gasteiger partial charge in [0.15, 0.2) is 0 Å². The fourth-order valence-corrected chi connectivity index (χ4v) is 26.5. The number of aromatic amines is 1. The molecule has 10 rings (SSSR count). The summed E-state index contributed by atoms with van der Waals surface area (Å²) < 4.78 is 26.9. The second-order valence-corrected chi connectivity index (χ2v) is 49.7. The number of aromatic nitrogens is 10. The molecule has 0 aliphatic carbocycles. The molecule has 0 saturated heterocycles. The van der Waals surface area contributed by atoms with Gasteiger partial charge in [0.2, 0.25) is 0 Å². The first-order valence-corrected chi connectivity index (χ1v) is 58.1. The van der Waals surface area contributed by atoms with E-state index < -0.39 is 0 Å². The summed E-state index contributed by atoms with van der Waals surface area (Å²) in [7, 11) is 12.4. The average Bonchev–Trinajstić information content (AvgIpc) is 1.75. The van der Waals surface area contributed by atoms with Crippen molar-refractivity contribution >= 4 is 23.2 Å². The summed E-state index contributed by atoms with van der Waals surface area (Å²) in [4.78, 5) is 3.49. The first-order valence-electron chi connectivity index (χ1n) is 57.4. The summed E-state index contributed by atoms with van der Waals surface area (Å²) in [6.45, 7) is 137. The largest absolute Gasteiger partial charge is 0.495 e. The lowest BCUT2D eigenvalue weighted by Crippen LogP contribution is -2.06. The van der Waals surface area contributed by atoms with E-state index in [1.165, 1.54) is 177 Å². The van der Waals surface area contributed by atoms with Crippen molar-refractivity contribution in [3.8, 4) is 5.75 Å².